The minimum absolute atomic E-state index is 0.272. The molecule has 0 spiro atoms. The van der Waals surface area contributed by atoms with Crippen molar-refractivity contribution in [2.45, 2.75) is 23.5 Å². The molecule has 1 atom stereocenters. The number of halogens is 3. The maximum Gasteiger partial charge on any atom is 0.418 e. The number of aromatic amines is 1. The Bertz CT molecular complexity index is 893. The third-order valence-corrected chi connectivity index (χ3v) is 5.20. The van der Waals surface area contributed by atoms with E-state index in [-0.39, 0.29) is 5.69 Å². The Morgan fingerprint density at radius 3 is 2.73 bits per heavy atom. The highest BCUT2D eigenvalue weighted by Gasteiger charge is 2.34. The number of thiophene rings is 1. The SMILES string of the molecule is C[C@@H](Sc1n[nH]c(-c2cccs2)n1)C(=O)Nc1ccccc1C(F)(F)F. The van der Waals surface area contributed by atoms with E-state index in [9.17, 15) is 18.0 Å². The fourth-order valence-electron chi connectivity index (χ4n) is 2.11. The van der Waals surface area contributed by atoms with Gasteiger partial charge >= 0.3 is 6.18 Å². The molecule has 3 rings (SSSR count). The van der Waals surface area contributed by atoms with Gasteiger partial charge in [0.1, 0.15) is 0 Å². The smallest absolute Gasteiger partial charge is 0.325 e. The first-order valence-corrected chi connectivity index (χ1v) is 9.20. The summed E-state index contributed by atoms with van der Waals surface area (Å²) in [6, 6.07) is 8.62. The van der Waals surface area contributed by atoms with Gasteiger partial charge in [-0.1, -0.05) is 30.0 Å². The number of benzene rings is 1. The van der Waals surface area contributed by atoms with Gasteiger partial charge in [0.15, 0.2) is 5.82 Å². The summed E-state index contributed by atoms with van der Waals surface area (Å²) < 4.78 is 39.0. The van der Waals surface area contributed by atoms with Crippen molar-refractivity contribution in [2.24, 2.45) is 0 Å². The summed E-state index contributed by atoms with van der Waals surface area (Å²) in [6.45, 7) is 1.58. The molecule has 0 aliphatic heterocycles. The Morgan fingerprint density at radius 2 is 2.04 bits per heavy atom. The van der Waals surface area contributed by atoms with Gasteiger partial charge in [-0.25, -0.2) is 4.98 Å². The van der Waals surface area contributed by atoms with E-state index in [4.69, 9.17) is 0 Å². The topological polar surface area (TPSA) is 70.7 Å². The molecule has 3 aromatic rings. The van der Waals surface area contributed by atoms with Crippen LogP contribution in [0.3, 0.4) is 0 Å². The second-order valence-electron chi connectivity index (χ2n) is 5.24. The molecule has 0 saturated heterocycles. The van der Waals surface area contributed by atoms with Gasteiger partial charge in [-0.2, -0.15) is 13.2 Å². The van der Waals surface area contributed by atoms with Gasteiger partial charge in [0.05, 0.1) is 21.4 Å². The fraction of sp³-hybridized carbons (Fsp3) is 0.188. The van der Waals surface area contributed by atoms with Crippen LogP contribution in [0.4, 0.5) is 18.9 Å². The molecule has 136 valence electrons. The number of aromatic nitrogens is 3. The highest BCUT2D eigenvalue weighted by Crippen LogP contribution is 2.35. The molecular formula is C16H13F3N4OS2. The summed E-state index contributed by atoms with van der Waals surface area (Å²) >= 11 is 2.55. The molecule has 2 heterocycles. The monoisotopic (exact) mass is 398 g/mol. The van der Waals surface area contributed by atoms with Crippen LogP contribution in [0.1, 0.15) is 12.5 Å². The fourth-order valence-corrected chi connectivity index (χ4v) is 3.50. The molecule has 1 amide bonds. The zero-order valence-electron chi connectivity index (χ0n) is 13.4. The van der Waals surface area contributed by atoms with E-state index in [1.807, 2.05) is 17.5 Å². The van der Waals surface area contributed by atoms with E-state index in [1.54, 1.807) is 6.92 Å². The van der Waals surface area contributed by atoms with Crippen molar-refractivity contribution in [3.05, 3.63) is 47.3 Å². The Kier molecular flexibility index (Phi) is 5.33. The molecule has 0 saturated carbocycles. The molecule has 10 heteroatoms. The van der Waals surface area contributed by atoms with Crippen LogP contribution in [0.2, 0.25) is 0 Å². The molecule has 1 aromatic carbocycles. The van der Waals surface area contributed by atoms with Crippen molar-refractivity contribution >= 4 is 34.7 Å². The summed E-state index contributed by atoms with van der Waals surface area (Å²) in [5, 5.41) is 10.7. The first-order valence-electron chi connectivity index (χ1n) is 7.44. The third kappa shape index (κ3) is 4.25. The number of hydrogen-bond donors (Lipinski definition) is 2. The van der Waals surface area contributed by atoms with Gasteiger partial charge in [-0.3, -0.25) is 9.89 Å². The van der Waals surface area contributed by atoms with Gasteiger partial charge in [0.25, 0.3) is 0 Å². The summed E-state index contributed by atoms with van der Waals surface area (Å²) in [6.07, 6.45) is -4.54. The van der Waals surface area contributed by atoms with Gasteiger partial charge in [-0.15, -0.1) is 16.4 Å². The van der Waals surface area contributed by atoms with Gasteiger partial charge in [-0.05, 0) is 30.5 Å². The van der Waals surface area contributed by atoms with Crippen molar-refractivity contribution in [3.8, 4) is 10.7 Å². The molecule has 0 aliphatic carbocycles. The zero-order chi connectivity index (χ0) is 18.7. The number of thioether (sulfide) groups is 1. The van der Waals surface area contributed by atoms with E-state index in [2.05, 4.69) is 20.5 Å². The second kappa shape index (κ2) is 7.50. The average Bonchev–Trinajstić information content (AvgIpc) is 3.25. The lowest BCUT2D eigenvalue weighted by molar-refractivity contribution is -0.137. The van der Waals surface area contributed by atoms with Crippen LogP contribution in [0.5, 0.6) is 0 Å². The van der Waals surface area contributed by atoms with E-state index < -0.39 is 22.9 Å². The number of nitrogens with zero attached hydrogens (tertiary/aromatic N) is 2. The van der Waals surface area contributed by atoms with Crippen LogP contribution in [0, 0.1) is 0 Å². The second-order valence-corrected chi connectivity index (χ2v) is 7.49. The molecule has 26 heavy (non-hydrogen) atoms. The largest absolute Gasteiger partial charge is 0.418 e. The van der Waals surface area contributed by atoms with Crippen molar-refractivity contribution in [3.63, 3.8) is 0 Å². The molecule has 0 bridgehead atoms. The van der Waals surface area contributed by atoms with Crippen molar-refractivity contribution in [1.82, 2.24) is 15.2 Å². The van der Waals surface area contributed by atoms with Crippen LogP contribution in [-0.2, 0) is 11.0 Å². The van der Waals surface area contributed by atoms with Crippen LogP contribution in [0.25, 0.3) is 10.7 Å². The average molecular weight is 398 g/mol. The lowest BCUT2D eigenvalue weighted by Gasteiger charge is -2.15. The third-order valence-electron chi connectivity index (χ3n) is 3.36. The normalized spacial score (nSPS) is 12.8. The number of para-hydroxylation sites is 1. The van der Waals surface area contributed by atoms with E-state index >= 15 is 0 Å². The number of alkyl halides is 3. The van der Waals surface area contributed by atoms with Gasteiger partial charge in [0.2, 0.25) is 11.1 Å². The predicted molar refractivity (Wildman–Crippen MR) is 95.1 cm³/mol. The quantitative estimate of drug-likeness (QED) is 0.613. The zero-order valence-corrected chi connectivity index (χ0v) is 15.0. The van der Waals surface area contributed by atoms with Crippen LogP contribution in [-0.4, -0.2) is 26.3 Å². The molecule has 5 nitrogen and oxygen atoms in total. The van der Waals surface area contributed by atoms with Crippen molar-refractivity contribution in [2.75, 3.05) is 5.32 Å². The highest BCUT2D eigenvalue weighted by molar-refractivity contribution is 8.00. The Hall–Kier alpha value is -2.33. The number of H-pyrrole nitrogens is 1. The van der Waals surface area contributed by atoms with E-state index in [0.717, 1.165) is 22.7 Å². The first-order chi connectivity index (χ1) is 12.3. The number of amides is 1. The van der Waals surface area contributed by atoms with Crippen LogP contribution < -0.4 is 5.32 Å². The number of carbonyl (C=O) groups is 1. The summed E-state index contributed by atoms with van der Waals surface area (Å²) in [7, 11) is 0. The van der Waals surface area contributed by atoms with Crippen molar-refractivity contribution in [1.29, 1.82) is 0 Å². The number of anilines is 1. The summed E-state index contributed by atoms with van der Waals surface area (Å²) in [4.78, 5) is 17.5. The van der Waals surface area contributed by atoms with Gasteiger partial charge < -0.3 is 5.32 Å². The van der Waals surface area contributed by atoms with E-state index in [1.165, 1.54) is 29.5 Å². The molecule has 2 N–H and O–H groups in total. The molecule has 0 aliphatic rings. The minimum Gasteiger partial charge on any atom is -0.325 e. The standard InChI is InChI=1S/C16H13F3N4OS2/c1-9(26-15-21-13(22-23-15)12-7-4-8-25-12)14(24)20-11-6-3-2-5-10(11)16(17,18)19/h2-9H,1H3,(H,20,24)(H,21,22,23)/t9-/m1/s1. The van der Waals surface area contributed by atoms with Crippen molar-refractivity contribution < 1.29 is 18.0 Å². The Labute approximate surface area is 155 Å². The number of nitrogens with one attached hydrogen (secondary N) is 2. The van der Waals surface area contributed by atoms with Gasteiger partial charge in [0, 0.05) is 0 Å². The van der Waals surface area contributed by atoms with Crippen LogP contribution in [0.15, 0.2) is 46.9 Å². The summed E-state index contributed by atoms with van der Waals surface area (Å²) in [5.74, 6) is 0.0201. The maximum absolute atomic E-state index is 13.0. The predicted octanol–water partition coefficient (Wildman–Crippen LogP) is 4.67. The summed E-state index contributed by atoms with van der Waals surface area (Å²) in [5.41, 5.74) is -1.16. The first kappa shape index (κ1) is 18.5. The Balaban J connectivity index is 1.68. The molecule has 0 unspecified atom stereocenters. The van der Waals surface area contributed by atoms with Crippen LogP contribution >= 0.6 is 23.1 Å². The molecule has 0 radical (unpaired) electrons. The maximum atomic E-state index is 13.0. The molecular weight excluding hydrogens is 385 g/mol. The van der Waals surface area contributed by atoms with E-state index in [0.29, 0.717) is 11.0 Å². The lowest BCUT2D eigenvalue weighted by Crippen LogP contribution is -2.24. The number of hydrogen-bond acceptors (Lipinski definition) is 5. The minimum atomic E-state index is -4.54. The Morgan fingerprint density at radius 1 is 1.27 bits per heavy atom. The number of carbonyl (C=O) groups excluding carboxylic acids is 1. The highest BCUT2D eigenvalue weighted by atomic mass is 32.2. The molecule has 2 aromatic heterocycles. The lowest BCUT2D eigenvalue weighted by atomic mass is 10.1. The molecule has 0 fully saturated rings. The number of rotatable bonds is 5.